The van der Waals surface area contributed by atoms with Crippen molar-refractivity contribution in [1.29, 1.82) is 0 Å². The molecule has 0 unspecified atom stereocenters. The Balaban J connectivity index is 2.17. The molecule has 0 saturated carbocycles. The zero-order valence-electron chi connectivity index (χ0n) is 12.3. The molecular formula is C15H18FN3O2S. The summed E-state index contributed by atoms with van der Waals surface area (Å²) in [5.74, 6) is -0.565. The number of hydrogen-bond donors (Lipinski definition) is 1. The van der Waals surface area contributed by atoms with Crippen molar-refractivity contribution in [3.8, 4) is 0 Å². The molecule has 2 aromatic rings. The molecule has 0 radical (unpaired) electrons. The summed E-state index contributed by atoms with van der Waals surface area (Å²) in [4.78, 5) is 4.05. The third-order valence-corrected chi connectivity index (χ3v) is 5.98. The number of nitrogens with zero attached hydrogens (tertiary/aromatic N) is 2. The summed E-state index contributed by atoms with van der Waals surface area (Å²) < 4.78 is 41.7. The number of sulfonamides is 1. The van der Waals surface area contributed by atoms with Crippen LogP contribution in [0, 0.1) is 5.82 Å². The number of benzene rings is 1. The Hall–Kier alpha value is -1.57. The quantitative estimate of drug-likeness (QED) is 0.914. The first kappa shape index (κ1) is 15.3. The molecule has 0 amide bonds. The Morgan fingerprint density at radius 2 is 2.18 bits per heavy atom. The van der Waals surface area contributed by atoms with Gasteiger partial charge in [0.1, 0.15) is 5.82 Å². The van der Waals surface area contributed by atoms with Gasteiger partial charge in [0.2, 0.25) is 10.0 Å². The highest BCUT2D eigenvalue weighted by molar-refractivity contribution is 7.89. The molecule has 0 aliphatic carbocycles. The van der Waals surface area contributed by atoms with E-state index in [0.717, 1.165) is 13.0 Å². The average molecular weight is 323 g/mol. The van der Waals surface area contributed by atoms with Crippen LogP contribution in [0.1, 0.15) is 13.3 Å². The molecule has 2 heterocycles. The van der Waals surface area contributed by atoms with Gasteiger partial charge >= 0.3 is 0 Å². The number of hydrogen-bond acceptors (Lipinski definition) is 4. The van der Waals surface area contributed by atoms with E-state index in [9.17, 15) is 12.8 Å². The van der Waals surface area contributed by atoms with Crippen molar-refractivity contribution in [2.45, 2.75) is 24.3 Å². The highest BCUT2D eigenvalue weighted by Gasteiger charge is 2.31. The van der Waals surface area contributed by atoms with Gasteiger partial charge in [-0.3, -0.25) is 4.98 Å². The number of pyridine rings is 1. The highest BCUT2D eigenvalue weighted by atomic mass is 32.2. The number of fused-ring (bicyclic) bond motifs is 1. The van der Waals surface area contributed by atoms with Gasteiger partial charge in [0.25, 0.3) is 0 Å². The summed E-state index contributed by atoms with van der Waals surface area (Å²) in [6.07, 6.45) is 2.07. The van der Waals surface area contributed by atoms with E-state index in [1.165, 1.54) is 22.6 Å². The number of rotatable bonds is 2. The Morgan fingerprint density at radius 3 is 3.00 bits per heavy atom. The largest absolute Gasteiger partial charge is 0.315 e. The van der Waals surface area contributed by atoms with E-state index in [0.29, 0.717) is 18.6 Å². The molecule has 5 nitrogen and oxygen atoms in total. The van der Waals surface area contributed by atoms with Gasteiger partial charge in [-0.15, -0.1) is 0 Å². The third-order valence-electron chi connectivity index (χ3n) is 3.93. The second kappa shape index (κ2) is 5.91. The SMILES string of the molecule is C[C@H]1CNCCCN1S(=O)(=O)c1cccc2nccc(F)c12. The fourth-order valence-corrected chi connectivity index (χ4v) is 4.71. The summed E-state index contributed by atoms with van der Waals surface area (Å²) in [7, 11) is -3.77. The van der Waals surface area contributed by atoms with Crippen LogP contribution >= 0.6 is 0 Å². The van der Waals surface area contributed by atoms with Crippen LogP contribution in [0.25, 0.3) is 10.9 Å². The fraction of sp³-hybridized carbons (Fsp3) is 0.400. The molecule has 1 atom stereocenters. The first-order valence-electron chi connectivity index (χ1n) is 7.27. The van der Waals surface area contributed by atoms with Crippen LogP contribution in [0.5, 0.6) is 0 Å². The molecule has 1 fully saturated rings. The van der Waals surface area contributed by atoms with Crippen molar-refractivity contribution < 1.29 is 12.8 Å². The van der Waals surface area contributed by atoms with Crippen LogP contribution < -0.4 is 5.32 Å². The van der Waals surface area contributed by atoms with Crippen molar-refractivity contribution in [1.82, 2.24) is 14.6 Å². The molecule has 1 aliphatic rings. The van der Waals surface area contributed by atoms with Crippen LogP contribution in [0.4, 0.5) is 4.39 Å². The minimum atomic E-state index is -3.77. The summed E-state index contributed by atoms with van der Waals surface area (Å²) in [6, 6.07) is 5.68. The number of aromatic nitrogens is 1. The van der Waals surface area contributed by atoms with Crippen LogP contribution in [0.2, 0.25) is 0 Å². The van der Waals surface area contributed by atoms with E-state index in [-0.39, 0.29) is 16.3 Å². The molecule has 1 aliphatic heterocycles. The highest BCUT2D eigenvalue weighted by Crippen LogP contribution is 2.28. The maximum absolute atomic E-state index is 14.2. The Bertz CT molecular complexity index is 789. The summed E-state index contributed by atoms with van der Waals surface area (Å²) >= 11 is 0. The molecule has 0 spiro atoms. The van der Waals surface area contributed by atoms with Crippen molar-refractivity contribution in [3.63, 3.8) is 0 Å². The summed E-state index contributed by atoms with van der Waals surface area (Å²) in [5.41, 5.74) is 0.349. The Labute approximate surface area is 129 Å². The third kappa shape index (κ3) is 2.60. The lowest BCUT2D eigenvalue weighted by Gasteiger charge is -2.26. The first-order chi connectivity index (χ1) is 10.5. The van der Waals surface area contributed by atoms with E-state index in [1.807, 2.05) is 6.92 Å². The van der Waals surface area contributed by atoms with E-state index in [2.05, 4.69) is 10.3 Å². The Morgan fingerprint density at radius 1 is 1.36 bits per heavy atom. The standard InChI is InChI=1S/C15H18FN3O2S/c1-11-10-17-7-3-9-19(11)22(20,21)14-5-2-4-13-15(14)12(16)6-8-18-13/h2,4-6,8,11,17H,3,7,9-10H2,1H3/t11-/m0/s1. The second-order valence-corrected chi connectivity index (χ2v) is 7.32. The lowest BCUT2D eigenvalue weighted by atomic mass is 10.2. The normalized spacial score (nSPS) is 20.9. The maximum Gasteiger partial charge on any atom is 0.244 e. The van der Waals surface area contributed by atoms with Crippen molar-refractivity contribution in [3.05, 3.63) is 36.3 Å². The molecule has 1 aromatic carbocycles. The first-order valence-corrected chi connectivity index (χ1v) is 8.71. The smallest absolute Gasteiger partial charge is 0.244 e. The number of nitrogens with one attached hydrogen (secondary N) is 1. The van der Waals surface area contributed by atoms with Crippen molar-refractivity contribution in [2.75, 3.05) is 19.6 Å². The fourth-order valence-electron chi connectivity index (χ4n) is 2.82. The molecule has 3 rings (SSSR count). The predicted molar refractivity (Wildman–Crippen MR) is 82.5 cm³/mol. The van der Waals surface area contributed by atoms with Gasteiger partial charge in [0.15, 0.2) is 0 Å². The van der Waals surface area contributed by atoms with Gasteiger partial charge in [-0.05, 0) is 38.1 Å². The molecule has 1 N–H and O–H groups in total. The molecule has 1 aromatic heterocycles. The van der Waals surface area contributed by atoms with Crippen LogP contribution in [-0.2, 0) is 10.0 Å². The summed E-state index contributed by atoms with van der Waals surface area (Å²) in [5, 5.41) is 3.27. The van der Waals surface area contributed by atoms with Crippen LogP contribution in [0.15, 0.2) is 35.4 Å². The van der Waals surface area contributed by atoms with Gasteiger partial charge in [-0.2, -0.15) is 4.31 Å². The number of halogens is 1. The van der Waals surface area contributed by atoms with E-state index in [4.69, 9.17) is 0 Å². The summed E-state index contributed by atoms with van der Waals surface area (Å²) in [6.45, 7) is 3.65. The van der Waals surface area contributed by atoms with Crippen LogP contribution in [0.3, 0.4) is 0 Å². The van der Waals surface area contributed by atoms with E-state index < -0.39 is 15.8 Å². The zero-order chi connectivity index (χ0) is 15.7. The average Bonchev–Trinajstić information content (AvgIpc) is 2.72. The molecule has 118 valence electrons. The van der Waals surface area contributed by atoms with Gasteiger partial charge in [0, 0.05) is 25.3 Å². The Kier molecular flexibility index (Phi) is 4.12. The maximum atomic E-state index is 14.2. The monoisotopic (exact) mass is 323 g/mol. The van der Waals surface area contributed by atoms with E-state index in [1.54, 1.807) is 12.1 Å². The molecular weight excluding hydrogens is 305 g/mol. The van der Waals surface area contributed by atoms with Gasteiger partial charge in [-0.1, -0.05) is 6.07 Å². The minimum absolute atomic E-state index is 0.00986. The van der Waals surface area contributed by atoms with Crippen molar-refractivity contribution >= 4 is 20.9 Å². The topological polar surface area (TPSA) is 62.3 Å². The lowest BCUT2D eigenvalue weighted by Crippen LogP contribution is -2.41. The van der Waals surface area contributed by atoms with Crippen LogP contribution in [-0.4, -0.2) is 43.4 Å². The lowest BCUT2D eigenvalue weighted by molar-refractivity contribution is 0.353. The minimum Gasteiger partial charge on any atom is -0.315 e. The second-order valence-electron chi connectivity index (χ2n) is 5.47. The molecule has 22 heavy (non-hydrogen) atoms. The van der Waals surface area contributed by atoms with E-state index >= 15 is 0 Å². The molecule has 1 saturated heterocycles. The molecule has 0 bridgehead atoms. The van der Waals surface area contributed by atoms with Gasteiger partial charge in [-0.25, -0.2) is 12.8 Å². The molecule has 7 heteroatoms. The zero-order valence-corrected chi connectivity index (χ0v) is 13.1. The van der Waals surface area contributed by atoms with Gasteiger partial charge < -0.3 is 5.32 Å². The van der Waals surface area contributed by atoms with Gasteiger partial charge in [0.05, 0.1) is 15.8 Å². The predicted octanol–water partition coefficient (Wildman–Crippen LogP) is 1.75. The van der Waals surface area contributed by atoms with Crippen molar-refractivity contribution in [2.24, 2.45) is 0 Å².